The molecule has 1 aliphatic heterocycles. The van der Waals surface area contributed by atoms with Crippen LogP contribution in [0.3, 0.4) is 0 Å². The van der Waals surface area contributed by atoms with Crippen LogP contribution in [0.1, 0.15) is 43.0 Å². The van der Waals surface area contributed by atoms with Gasteiger partial charge in [0.15, 0.2) is 0 Å². The van der Waals surface area contributed by atoms with Gasteiger partial charge in [0.05, 0.1) is 18.6 Å². The number of ether oxygens (including phenoxy) is 1. The summed E-state index contributed by atoms with van der Waals surface area (Å²) in [7, 11) is 1.57. The molecule has 1 aliphatic carbocycles. The minimum absolute atomic E-state index is 0.00636. The lowest BCUT2D eigenvalue weighted by atomic mass is 9.84. The van der Waals surface area contributed by atoms with Crippen molar-refractivity contribution >= 4 is 17.5 Å². The number of furan rings is 1. The summed E-state index contributed by atoms with van der Waals surface area (Å²) in [6, 6.07) is 9.18. The summed E-state index contributed by atoms with van der Waals surface area (Å²) >= 11 is 0. The van der Waals surface area contributed by atoms with Crippen molar-refractivity contribution in [3.8, 4) is 0 Å². The summed E-state index contributed by atoms with van der Waals surface area (Å²) < 4.78 is 24.0. The van der Waals surface area contributed by atoms with Crippen LogP contribution in [0.5, 0.6) is 0 Å². The minimum Gasteiger partial charge on any atom is -0.467 e. The first kappa shape index (κ1) is 21.2. The summed E-state index contributed by atoms with van der Waals surface area (Å²) in [6.45, 7) is 0.638. The Morgan fingerprint density at radius 1 is 1.26 bits per heavy atom. The van der Waals surface area contributed by atoms with E-state index in [4.69, 9.17) is 9.15 Å². The molecule has 8 heteroatoms. The van der Waals surface area contributed by atoms with Crippen LogP contribution in [-0.2, 0) is 14.3 Å². The highest BCUT2D eigenvalue weighted by molar-refractivity contribution is 6.03. The topological polar surface area (TPSA) is 75.3 Å². The third-order valence-electron chi connectivity index (χ3n) is 5.87. The maximum Gasteiger partial charge on any atom is 0.262 e. The second kappa shape index (κ2) is 9.43. The molecule has 0 spiro atoms. The van der Waals surface area contributed by atoms with Crippen molar-refractivity contribution in [2.24, 2.45) is 11.0 Å². The molecule has 1 atom stereocenters. The van der Waals surface area contributed by atoms with E-state index in [1.165, 1.54) is 17.1 Å². The molecule has 0 bridgehead atoms. The Morgan fingerprint density at radius 3 is 2.65 bits per heavy atom. The average molecular weight is 427 g/mol. The van der Waals surface area contributed by atoms with Crippen LogP contribution in [0.2, 0.25) is 0 Å². The molecule has 2 amide bonds. The largest absolute Gasteiger partial charge is 0.467 e. The number of rotatable bonds is 8. The van der Waals surface area contributed by atoms with Crippen molar-refractivity contribution in [3.05, 3.63) is 59.8 Å². The number of carbonyl (C=O) groups excluding carboxylic acids is 2. The smallest absolute Gasteiger partial charge is 0.262 e. The third-order valence-corrected chi connectivity index (χ3v) is 5.87. The van der Waals surface area contributed by atoms with Gasteiger partial charge in [-0.15, -0.1) is 0 Å². The van der Waals surface area contributed by atoms with Gasteiger partial charge in [0.2, 0.25) is 5.91 Å². The predicted octanol–water partition coefficient (Wildman–Crippen LogP) is 3.37. The van der Waals surface area contributed by atoms with Crippen LogP contribution in [0, 0.1) is 11.7 Å². The van der Waals surface area contributed by atoms with Gasteiger partial charge in [0.1, 0.15) is 24.2 Å². The number of hydrogen-bond acceptors (Lipinski definition) is 5. The molecule has 4 rings (SSSR count). The lowest BCUT2D eigenvalue weighted by molar-refractivity contribution is -0.146. The van der Waals surface area contributed by atoms with E-state index in [0.717, 1.165) is 24.8 Å². The Hall–Kier alpha value is -3.00. The van der Waals surface area contributed by atoms with E-state index in [-0.39, 0.29) is 30.1 Å². The highest BCUT2D eigenvalue weighted by Crippen LogP contribution is 2.33. The molecule has 2 aliphatic rings. The molecule has 2 heterocycles. The Labute approximate surface area is 180 Å². The summed E-state index contributed by atoms with van der Waals surface area (Å²) in [6.07, 6.45) is 4.77. The van der Waals surface area contributed by atoms with E-state index in [1.807, 2.05) is 0 Å². The number of hydrogen-bond donors (Lipinski definition) is 0. The molecule has 164 valence electrons. The lowest BCUT2D eigenvalue weighted by Gasteiger charge is -2.32. The van der Waals surface area contributed by atoms with E-state index < -0.39 is 6.04 Å². The first-order chi connectivity index (χ1) is 15.1. The number of amides is 2. The van der Waals surface area contributed by atoms with Crippen molar-refractivity contribution in [2.75, 3.05) is 26.8 Å². The summed E-state index contributed by atoms with van der Waals surface area (Å²) in [4.78, 5) is 27.7. The van der Waals surface area contributed by atoms with Gasteiger partial charge < -0.3 is 14.1 Å². The van der Waals surface area contributed by atoms with Gasteiger partial charge in [-0.2, -0.15) is 5.10 Å². The summed E-state index contributed by atoms with van der Waals surface area (Å²) in [5.41, 5.74) is 1.42. The fourth-order valence-electron chi connectivity index (χ4n) is 3.88. The van der Waals surface area contributed by atoms with Crippen molar-refractivity contribution in [2.45, 2.75) is 31.7 Å². The summed E-state index contributed by atoms with van der Waals surface area (Å²) in [5, 5.41) is 5.94. The van der Waals surface area contributed by atoms with Crippen LogP contribution >= 0.6 is 0 Å². The first-order valence-electron chi connectivity index (χ1n) is 10.5. The van der Waals surface area contributed by atoms with E-state index in [0.29, 0.717) is 31.0 Å². The molecular weight excluding hydrogens is 401 g/mol. The van der Waals surface area contributed by atoms with Gasteiger partial charge in [-0.3, -0.25) is 9.59 Å². The van der Waals surface area contributed by atoms with Crippen LogP contribution in [0.15, 0.2) is 52.2 Å². The molecule has 31 heavy (non-hydrogen) atoms. The second-order valence-electron chi connectivity index (χ2n) is 7.91. The van der Waals surface area contributed by atoms with Gasteiger partial charge in [-0.1, -0.05) is 18.6 Å². The van der Waals surface area contributed by atoms with E-state index in [1.54, 1.807) is 42.5 Å². The zero-order chi connectivity index (χ0) is 21.8. The Bertz CT molecular complexity index is 938. The first-order valence-corrected chi connectivity index (χ1v) is 10.5. The van der Waals surface area contributed by atoms with Crippen LogP contribution in [0.25, 0.3) is 0 Å². The molecule has 0 radical (unpaired) electrons. The minimum atomic E-state index is -0.411. The summed E-state index contributed by atoms with van der Waals surface area (Å²) in [5.74, 6) is -0.0260. The maximum atomic E-state index is 13.3. The van der Waals surface area contributed by atoms with E-state index in [9.17, 15) is 14.0 Å². The SMILES string of the molecule is COCCN(CC(=O)N1N=C(c2ccc(F)cc2)CC1c1ccco1)C(=O)C1CCC1. The molecular formula is C23H26FN3O4. The zero-order valence-electron chi connectivity index (χ0n) is 17.5. The van der Waals surface area contributed by atoms with E-state index in [2.05, 4.69) is 5.10 Å². The van der Waals surface area contributed by atoms with Crippen LogP contribution in [-0.4, -0.2) is 54.2 Å². The molecule has 1 unspecified atom stereocenters. The Morgan fingerprint density at radius 2 is 2.03 bits per heavy atom. The number of methoxy groups -OCH3 is 1. The Kier molecular flexibility index (Phi) is 6.46. The number of benzene rings is 1. The second-order valence-corrected chi connectivity index (χ2v) is 7.91. The molecule has 1 aromatic carbocycles. The fraction of sp³-hybridized carbons (Fsp3) is 0.435. The maximum absolute atomic E-state index is 13.3. The fourth-order valence-corrected chi connectivity index (χ4v) is 3.88. The highest BCUT2D eigenvalue weighted by atomic mass is 19.1. The normalized spacial score (nSPS) is 18.6. The van der Waals surface area contributed by atoms with Crippen molar-refractivity contribution < 1.29 is 23.1 Å². The molecule has 0 N–H and O–H groups in total. The van der Waals surface area contributed by atoms with Gasteiger partial charge in [-0.25, -0.2) is 9.40 Å². The molecule has 1 saturated carbocycles. The van der Waals surface area contributed by atoms with Crippen LogP contribution < -0.4 is 0 Å². The lowest BCUT2D eigenvalue weighted by Crippen LogP contribution is -2.46. The standard InChI is InChI=1S/C23H26FN3O4/c1-30-13-11-26(23(29)17-4-2-5-17)15-22(28)27-20(21-6-3-12-31-21)14-19(25-27)16-7-9-18(24)10-8-16/h3,6-10,12,17,20H,2,4-5,11,13-15H2,1H3. The van der Waals surface area contributed by atoms with Gasteiger partial charge >= 0.3 is 0 Å². The van der Waals surface area contributed by atoms with Crippen LogP contribution in [0.4, 0.5) is 4.39 Å². The molecule has 1 fully saturated rings. The number of nitrogens with zero attached hydrogens (tertiary/aromatic N) is 3. The number of hydrazone groups is 1. The van der Waals surface area contributed by atoms with Gasteiger partial charge in [0, 0.05) is 26.0 Å². The zero-order valence-corrected chi connectivity index (χ0v) is 17.5. The number of halogens is 1. The van der Waals surface area contributed by atoms with E-state index >= 15 is 0 Å². The Balaban J connectivity index is 1.55. The number of carbonyl (C=O) groups is 2. The molecule has 1 aromatic heterocycles. The highest BCUT2D eigenvalue weighted by Gasteiger charge is 2.37. The van der Waals surface area contributed by atoms with Crippen molar-refractivity contribution in [3.63, 3.8) is 0 Å². The molecule has 7 nitrogen and oxygen atoms in total. The van der Waals surface area contributed by atoms with Gasteiger partial charge in [0.25, 0.3) is 5.91 Å². The monoisotopic (exact) mass is 427 g/mol. The average Bonchev–Trinajstić information content (AvgIpc) is 3.39. The van der Waals surface area contributed by atoms with Crippen molar-refractivity contribution in [1.82, 2.24) is 9.91 Å². The molecule has 2 aromatic rings. The third kappa shape index (κ3) is 4.69. The van der Waals surface area contributed by atoms with Crippen molar-refractivity contribution in [1.29, 1.82) is 0 Å². The van der Waals surface area contributed by atoms with Gasteiger partial charge in [-0.05, 0) is 42.7 Å². The quantitative estimate of drug-likeness (QED) is 0.647. The predicted molar refractivity (Wildman–Crippen MR) is 112 cm³/mol. The molecule has 0 saturated heterocycles.